The predicted octanol–water partition coefficient (Wildman–Crippen LogP) is 3.58. The molecular weight excluding hydrogens is 232 g/mol. The minimum atomic E-state index is -0.519. The molecule has 0 spiro atoms. The number of hydrogen-bond acceptors (Lipinski definition) is 1. The summed E-state index contributed by atoms with van der Waals surface area (Å²) in [5, 5.41) is 0. The molecule has 1 aliphatic rings. The van der Waals surface area contributed by atoms with Gasteiger partial charge in [0, 0.05) is 11.6 Å². The van der Waals surface area contributed by atoms with Crippen molar-refractivity contribution in [3.8, 4) is 0 Å². The standard InChI is InChI=1S/C12H15F2N.ClH/c13-9-6-3-7-10(14)11(9)12(15)8-4-1-2-5-8;/h3,6-8,12H,1-2,4-5,15H2;1H/t12-;/m1./s1. The van der Waals surface area contributed by atoms with Crippen LogP contribution >= 0.6 is 12.4 Å². The van der Waals surface area contributed by atoms with E-state index in [0.717, 1.165) is 25.7 Å². The largest absolute Gasteiger partial charge is 0.324 e. The van der Waals surface area contributed by atoms with Gasteiger partial charge in [0.2, 0.25) is 0 Å². The number of hydrogen-bond donors (Lipinski definition) is 1. The van der Waals surface area contributed by atoms with Crippen molar-refractivity contribution in [2.45, 2.75) is 31.7 Å². The van der Waals surface area contributed by atoms with E-state index in [0.29, 0.717) is 0 Å². The van der Waals surface area contributed by atoms with Gasteiger partial charge in [0.1, 0.15) is 11.6 Å². The van der Waals surface area contributed by atoms with Crippen molar-refractivity contribution in [3.63, 3.8) is 0 Å². The maximum Gasteiger partial charge on any atom is 0.130 e. The molecule has 0 aliphatic heterocycles. The SMILES string of the molecule is Cl.N[C@@H](c1c(F)cccc1F)C1CCCC1. The highest BCUT2D eigenvalue weighted by atomic mass is 35.5. The van der Waals surface area contributed by atoms with E-state index in [1.54, 1.807) is 0 Å². The Bertz CT molecular complexity index is 331. The summed E-state index contributed by atoms with van der Waals surface area (Å²) in [6.07, 6.45) is 4.20. The number of rotatable bonds is 2. The molecule has 1 aromatic rings. The molecule has 4 heteroatoms. The molecule has 1 aromatic carbocycles. The third-order valence-corrected chi connectivity index (χ3v) is 3.24. The first kappa shape index (κ1) is 13.4. The molecule has 0 aromatic heterocycles. The topological polar surface area (TPSA) is 26.0 Å². The molecule has 1 fully saturated rings. The lowest BCUT2D eigenvalue weighted by atomic mass is 9.92. The van der Waals surface area contributed by atoms with Crippen molar-refractivity contribution in [1.82, 2.24) is 0 Å². The van der Waals surface area contributed by atoms with Crippen molar-refractivity contribution >= 4 is 12.4 Å². The Morgan fingerprint density at radius 1 is 1.12 bits per heavy atom. The fourth-order valence-electron chi connectivity index (χ4n) is 2.38. The Morgan fingerprint density at radius 2 is 1.62 bits per heavy atom. The molecule has 1 saturated carbocycles. The average molecular weight is 248 g/mol. The summed E-state index contributed by atoms with van der Waals surface area (Å²) in [6, 6.07) is 3.42. The summed E-state index contributed by atoms with van der Waals surface area (Å²) >= 11 is 0. The van der Waals surface area contributed by atoms with Gasteiger partial charge in [-0.05, 0) is 30.9 Å². The average Bonchev–Trinajstić information content (AvgIpc) is 2.69. The molecule has 0 radical (unpaired) electrons. The summed E-state index contributed by atoms with van der Waals surface area (Å²) in [5.41, 5.74) is 5.98. The van der Waals surface area contributed by atoms with Gasteiger partial charge < -0.3 is 5.73 Å². The lowest BCUT2D eigenvalue weighted by molar-refractivity contribution is 0.410. The van der Waals surface area contributed by atoms with Gasteiger partial charge >= 0.3 is 0 Å². The first-order chi connectivity index (χ1) is 7.20. The van der Waals surface area contributed by atoms with Crippen LogP contribution in [0.4, 0.5) is 8.78 Å². The van der Waals surface area contributed by atoms with Crippen molar-refractivity contribution in [3.05, 3.63) is 35.4 Å². The molecule has 0 heterocycles. The molecule has 16 heavy (non-hydrogen) atoms. The van der Waals surface area contributed by atoms with Crippen molar-refractivity contribution in [2.24, 2.45) is 11.7 Å². The zero-order valence-electron chi connectivity index (χ0n) is 8.96. The van der Waals surface area contributed by atoms with Crippen LogP contribution in [0, 0.1) is 17.6 Å². The first-order valence-corrected chi connectivity index (χ1v) is 5.39. The molecule has 90 valence electrons. The van der Waals surface area contributed by atoms with E-state index in [2.05, 4.69) is 0 Å². The normalized spacial score (nSPS) is 18.2. The summed E-state index contributed by atoms with van der Waals surface area (Å²) in [7, 11) is 0. The Morgan fingerprint density at radius 3 is 2.12 bits per heavy atom. The van der Waals surface area contributed by atoms with Gasteiger partial charge in [-0.3, -0.25) is 0 Å². The van der Waals surface area contributed by atoms with Crippen LogP contribution in [-0.4, -0.2) is 0 Å². The fourth-order valence-corrected chi connectivity index (χ4v) is 2.38. The van der Waals surface area contributed by atoms with Crippen molar-refractivity contribution in [2.75, 3.05) is 0 Å². The van der Waals surface area contributed by atoms with Gasteiger partial charge in [-0.1, -0.05) is 18.9 Å². The van der Waals surface area contributed by atoms with E-state index >= 15 is 0 Å². The van der Waals surface area contributed by atoms with Crippen LogP contribution in [-0.2, 0) is 0 Å². The van der Waals surface area contributed by atoms with Gasteiger partial charge in [-0.15, -0.1) is 12.4 Å². The smallest absolute Gasteiger partial charge is 0.130 e. The monoisotopic (exact) mass is 247 g/mol. The summed E-state index contributed by atoms with van der Waals surface area (Å²) in [5.74, 6) is -0.805. The van der Waals surface area contributed by atoms with Crippen molar-refractivity contribution in [1.29, 1.82) is 0 Å². The van der Waals surface area contributed by atoms with E-state index in [1.165, 1.54) is 18.2 Å². The second-order valence-electron chi connectivity index (χ2n) is 4.21. The van der Waals surface area contributed by atoms with E-state index in [4.69, 9.17) is 5.73 Å². The predicted molar refractivity (Wildman–Crippen MR) is 62.5 cm³/mol. The summed E-state index contributed by atoms with van der Waals surface area (Å²) < 4.78 is 26.9. The first-order valence-electron chi connectivity index (χ1n) is 5.39. The van der Waals surface area contributed by atoms with Crippen LogP contribution in [0.25, 0.3) is 0 Å². The van der Waals surface area contributed by atoms with E-state index in [-0.39, 0.29) is 23.9 Å². The summed E-state index contributed by atoms with van der Waals surface area (Å²) in [6.45, 7) is 0. The lowest BCUT2D eigenvalue weighted by Crippen LogP contribution is -2.21. The van der Waals surface area contributed by atoms with Gasteiger partial charge in [-0.2, -0.15) is 0 Å². The molecule has 1 aliphatic carbocycles. The molecule has 1 nitrogen and oxygen atoms in total. The highest BCUT2D eigenvalue weighted by Gasteiger charge is 2.27. The van der Waals surface area contributed by atoms with Crippen LogP contribution < -0.4 is 5.73 Å². The van der Waals surface area contributed by atoms with E-state index in [9.17, 15) is 8.78 Å². The lowest BCUT2D eigenvalue weighted by Gasteiger charge is -2.20. The molecule has 1 atom stereocenters. The number of benzene rings is 1. The maximum absolute atomic E-state index is 13.4. The third-order valence-electron chi connectivity index (χ3n) is 3.24. The third kappa shape index (κ3) is 2.53. The second-order valence-corrected chi connectivity index (χ2v) is 4.21. The molecule has 0 unspecified atom stereocenters. The van der Waals surface area contributed by atoms with Crippen LogP contribution in [0.15, 0.2) is 18.2 Å². The maximum atomic E-state index is 13.4. The Hall–Kier alpha value is -0.670. The molecule has 2 N–H and O–H groups in total. The molecule has 0 saturated heterocycles. The van der Waals surface area contributed by atoms with Crippen LogP contribution in [0.1, 0.15) is 37.3 Å². The fraction of sp³-hybridized carbons (Fsp3) is 0.500. The Kier molecular flexibility index (Phi) is 4.69. The minimum absolute atomic E-state index is 0. The van der Waals surface area contributed by atoms with Crippen molar-refractivity contribution < 1.29 is 8.78 Å². The van der Waals surface area contributed by atoms with Gasteiger partial charge in [0.25, 0.3) is 0 Å². The van der Waals surface area contributed by atoms with Crippen LogP contribution in [0.5, 0.6) is 0 Å². The Labute approximate surface area is 100 Å². The van der Waals surface area contributed by atoms with Gasteiger partial charge in [0.15, 0.2) is 0 Å². The minimum Gasteiger partial charge on any atom is -0.324 e. The highest BCUT2D eigenvalue weighted by Crippen LogP contribution is 2.35. The zero-order valence-corrected chi connectivity index (χ0v) is 9.77. The highest BCUT2D eigenvalue weighted by molar-refractivity contribution is 5.85. The van der Waals surface area contributed by atoms with E-state index in [1.807, 2.05) is 0 Å². The summed E-state index contributed by atoms with van der Waals surface area (Å²) in [4.78, 5) is 0. The molecule has 0 bridgehead atoms. The quantitative estimate of drug-likeness (QED) is 0.850. The zero-order chi connectivity index (χ0) is 10.8. The Balaban J connectivity index is 0.00000128. The molecule has 2 rings (SSSR count). The number of nitrogens with two attached hydrogens (primary N) is 1. The van der Waals surface area contributed by atoms with E-state index < -0.39 is 17.7 Å². The number of halogens is 3. The second kappa shape index (κ2) is 5.60. The van der Waals surface area contributed by atoms with Gasteiger partial charge in [-0.25, -0.2) is 8.78 Å². The molecular formula is C12H16ClF2N. The van der Waals surface area contributed by atoms with Crippen LogP contribution in [0.2, 0.25) is 0 Å². The molecule has 0 amide bonds. The van der Waals surface area contributed by atoms with Gasteiger partial charge in [0.05, 0.1) is 0 Å². The van der Waals surface area contributed by atoms with Crippen LogP contribution in [0.3, 0.4) is 0 Å².